The zero-order valence-corrected chi connectivity index (χ0v) is 15.0. The van der Waals surface area contributed by atoms with Gasteiger partial charge in [0.15, 0.2) is 5.82 Å². The molecule has 1 saturated heterocycles. The highest BCUT2D eigenvalue weighted by atomic mass is 16.5. The molecule has 7 heteroatoms. The van der Waals surface area contributed by atoms with Crippen LogP contribution in [0.5, 0.6) is 0 Å². The number of nitrogens with one attached hydrogen (secondary N) is 1. The molecule has 0 radical (unpaired) electrons. The van der Waals surface area contributed by atoms with Gasteiger partial charge in [0.05, 0.1) is 6.20 Å². The number of nitrogens with zero attached hydrogens (tertiary/aromatic N) is 3. The monoisotopic (exact) mass is 364 g/mol. The van der Waals surface area contributed by atoms with E-state index in [1.165, 1.54) is 4.90 Å². The quantitative estimate of drug-likeness (QED) is 0.722. The number of carbonyl (C=O) groups is 2. The summed E-state index contributed by atoms with van der Waals surface area (Å²) >= 11 is 0. The van der Waals surface area contributed by atoms with Crippen molar-refractivity contribution in [3.05, 3.63) is 66.0 Å². The van der Waals surface area contributed by atoms with E-state index in [4.69, 9.17) is 4.74 Å². The van der Waals surface area contributed by atoms with Gasteiger partial charge < -0.3 is 14.0 Å². The molecule has 1 N–H and O–H groups in total. The topological polar surface area (TPSA) is 75.9 Å². The highest BCUT2D eigenvalue weighted by Gasteiger charge is 2.39. The van der Waals surface area contributed by atoms with E-state index in [1.54, 1.807) is 6.20 Å². The lowest BCUT2D eigenvalue weighted by atomic mass is 10.0. The number of amides is 2. The van der Waals surface area contributed by atoms with E-state index >= 15 is 0 Å². The van der Waals surface area contributed by atoms with Crippen molar-refractivity contribution >= 4 is 23.5 Å². The summed E-state index contributed by atoms with van der Waals surface area (Å²) in [6.45, 7) is 2.71. The first-order chi connectivity index (χ1) is 13.1. The number of aromatic nitrogens is 2. The summed E-state index contributed by atoms with van der Waals surface area (Å²) in [7, 11) is 0. The number of imidazole rings is 1. The second kappa shape index (κ2) is 7.11. The molecule has 1 unspecified atom stereocenters. The molecule has 1 aromatic carbocycles. The Morgan fingerprint density at radius 2 is 2.00 bits per heavy atom. The number of benzene rings is 1. The molecular formula is C20H20N4O3. The predicted molar refractivity (Wildman–Crippen MR) is 100 cm³/mol. The van der Waals surface area contributed by atoms with E-state index in [1.807, 2.05) is 60.0 Å². The Balaban J connectivity index is 1.36. The molecule has 3 heterocycles. The van der Waals surface area contributed by atoms with Crippen molar-refractivity contribution in [3.8, 4) is 0 Å². The Kier molecular flexibility index (Phi) is 4.50. The minimum absolute atomic E-state index is 0.206. The number of carbonyl (C=O) groups excluding carboxylic acids is 2. The van der Waals surface area contributed by atoms with Gasteiger partial charge in [-0.05, 0) is 30.5 Å². The SMILES string of the molecule is Cc1ccc2nc(NC(=O)N3CCC3C(=O)OCc3ccccc3)cn2c1. The van der Waals surface area contributed by atoms with Gasteiger partial charge in [0, 0.05) is 12.7 Å². The van der Waals surface area contributed by atoms with Crippen LogP contribution in [-0.2, 0) is 16.1 Å². The smallest absolute Gasteiger partial charge is 0.329 e. The van der Waals surface area contributed by atoms with Gasteiger partial charge in [-0.1, -0.05) is 36.4 Å². The fourth-order valence-electron chi connectivity index (χ4n) is 3.04. The molecule has 3 aromatic rings. The van der Waals surface area contributed by atoms with Gasteiger partial charge in [0.1, 0.15) is 18.3 Å². The number of aryl methyl sites for hydroxylation is 1. The van der Waals surface area contributed by atoms with Crippen LogP contribution in [0.4, 0.5) is 10.6 Å². The van der Waals surface area contributed by atoms with Crippen molar-refractivity contribution in [2.75, 3.05) is 11.9 Å². The second-order valence-electron chi connectivity index (χ2n) is 6.62. The summed E-state index contributed by atoms with van der Waals surface area (Å²) in [6.07, 6.45) is 4.29. The Hall–Kier alpha value is -3.35. The van der Waals surface area contributed by atoms with E-state index in [-0.39, 0.29) is 18.6 Å². The van der Waals surface area contributed by atoms with E-state index in [9.17, 15) is 9.59 Å². The first-order valence-corrected chi connectivity index (χ1v) is 8.84. The summed E-state index contributed by atoms with van der Waals surface area (Å²) in [5.74, 6) is 0.0692. The Bertz CT molecular complexity index is 983. The van der Waals surface area contributed by atoms with Crippen molar-refractivity contribution in [2.45, 2.75) is 26.0 Å². The van der Waals surface area contributed by atoms with Crippen LogP contribution in [0, 0.1) is 6.92 Å². The summed E-state index contributed by atoms with van der Waals surface area (Å²) in [4.78, 5) is 30.6. The van der Waals surface area contributed by atoms with Crippen molar-refractivity contribution in [1.82, 2.24) is 14.3 Å². The summed E-state index contributed by atoms with van der Waals surface area (Å²) < 4.78 is 7.20. The number of pyridine rings is 1. The van der Waals surface area contributed by atoms with Crippen molar-refractivity contribution in [3.63, 3.8) is 0 Å². The highest BCUT2D eigenvalue weighted by Crippen LogP contribution is 2.21. The number of ether oxygens (including phenoxy) is 1. The molecule has 2 aromatic heterocycles. The van der Waals surface area contributed by atoms with Crippen LogP contribution < -0.4 is 5.32 Å². The maximum atomic E-state index is 12.5. The molecule has 0 saturated carbocycles. The molecule has 0 bridgehead atoms. The lowest BCUT2D eigenvalue weighted by molar-refractivity contribution is -0.154. The van der Waals surface area contributed by atoms with Gasteiger partial charge in [0.2, 0.25) is 0 Å². The number of rotatable bonds is 4. The standard InChI is InChI=1S/C20H20N4O3/c1-14-7-8-18-21-17(12-23(18)11-14)22-20(26)24-10-9-16(24)19(25)27-13-15-5-3-2-4-6-15/h2-8,11-12,16H,9-10,13H2,1H3,(H,22,26). The van der Waals surface area contributed by atoms with Gasteiger partial charge in [-0.2, -0.15) is 0 Å². The molecule has 27 heavy (non-hydrogen) atoms. The van der Waals surface area contributed by atoms with E-state index in [0.29, 0.717) is 18.8 Å². The Morgan fingerprint density at radius 1 is 1.19 bits per heavy atom. The van der Waals surface area contributed by atoms with Crippen LogP contribution in [0.15, 0.2) is 54.9 Å². The van der Waals surface area contributed by atoms with E-state index in [2.05, 4.69) is 10.3 Å². The Morgan fingerprint density at radius 3 is 2.74 bits per heavy atom. The van der Waals surface area contributed by atoms with Crippen molar-refractivity contribution in [1.29, 1.82) is 0 Å². The third kappa shape index (κ3) is 3.62. The molecule has 1 fully saturated rings. The predicted octanol–water partition coefficient (Wildman–Crippen LogP) is 2.99. The maximum Gasteiger partial charge on any atom is 0.329 e. The molecule has 2 amide bonds. The maximum absolute atomic E-state index is 12.5. The number of anilines is 1. The minimum Gasteiger partial charge on any atom is -0.459 e. The highest BCUT2D eigenvalue weighted by molar-refractivity contribution is 5.93. The Labute approximate surface area is 156 Å². The van der Waals surface area contributed by atoms with Gasteiger partial charge in [-0.3, -0.25) is 5.32 Å². The fourth-order valence-corrected chi connectivity index (χ4v) is 3.04. The number of hydrogen-bond acceptors (Lipinski definition) is 4. The van der Waals surface area contributed by atoms with Crippen LogP contribution in [-0.4, -0.2) is 38.9 Å². The van der Waals surface area contributed by atoms with Gasteiger partial charge >= 0.3 is 12.0 Å². The average Bonchev–Trinajstić information content (AvgIpc) is 3.01. The zero-order valence-electron chi connectivity index (χ0n) is 15.0. The zero-order chi connectivity index (χ0) is 18.8. The van der Waals surface area contributed by atoms with Gasteiger partial charge in [0.25, 0.3) is 0 Å². The van der Waals surface area contributed by atoms with Crippen LogP contribution in [0.25, 0.3) is 5.65 Å². The number of likely N-dealkylation sites (tertiary alicyclic amines) is 1. The minimum atomic E-state index is -0.548. The summed E-state index contributed by atoms with van der Waals surface area (Å²) in [5.41, 5.74) is 2.77. The third-order valence-corrected chi connectivity index (χ3v) is 4.61. The molecular weight excluding hydrogens is 344 g/mol. The molecule has 1 aliphatic heterocycles. The normalized spacial score (nSPS) is 16.0. The lowest BCUT2D eigenvalue weighted by Gasteiger charge is -2.38. The first kappa shape index (κ1) is 17.1. The van der Waals surface area contributed by atoms with E-state index in [0.717, 1.165) is 16.8 Å². The van der Waals surface area contributed by atoms with Crippen LogP contribution in [0.1, 0.15) is 17.5 Å². The number of hydrogen-bond donors (Lipinski definition) is 1. The molecule has 1 aliphatic rings. The largest absolute Gasteiger partial charge is 0.459 e. The van der Waals surface area contributed by atoms with E-state index < -0.39 is 6.04 Å². The molecule has 0 aliphatic carbocycles. The number of fused-ring (bicyclic) bond motifs is 1. The van der Waals surface area contributed by atoms with Crippen LogP contribution >= 0.6 is 0 Å². The summed E-state index contributed by atoms with van der Waals surface area (Å²) in [5, 5.41) is 2.76. The molecule has 0 spiro atoms. The summed E-state index contributed by atoms with van der Waals surface area (Å²) in [6, 6.07) is 12.4. The first-order valence-electron chi connectivity index (χ1n) is 8.84. The molecule has 1 atom stereocenters. The number of urea groups is 1. The third-order valence-electron chi connectivity index (χ3n) is 4.61. The van der Waals surface area contributed by atoms with Crippen molar-refractivity contribution in [2.24, 2.45) is 0 Å². The molecule has 4 rings (SSSR count). The second-order valence-corrected chi connectivity index (χ2v) is 6.62. The molecule has 7 nitrogen and oxygen atoms in total. The lowest BCUT2D eigenvalue weighted by Crippen LogP contribution is -2.57. The molecule has 138 valence electrons. The number of esters is 1. The van der Waals surface area contributed by atoms with Gasteiger partial charge in [-0.15, -0.1) is 0 Å². The average molecular weight is 364 g/mol. The van der Waals surface area contributed by atoms with Crippen LogP contribution in [0.2, 0.25) is 0 Å². The van der Waals surface area contributed by atoms with Gasteiger partial charge in [-0.25, -0.2) is 14.6 Å². The van der Waals surface area contributed by atoms with Crippen molar-refractivity contribution < 1.29 is 14.3 Å². The van der Waals surface area contributed by atoms with Crippen LogP contribution in [0.3, 0.4) is 0 Å². The fraction of sp³-hybridized carbons (Fsp3) is 0.250.